The Morgan fingerprint density at radius 1 is 0.850 bits per heavy atom. The van der Waals surface area contributed by atoms with E-state index in [9.17, 15) is 0 Å². The highest BCUT2D eigenvalue weighted by Gasteiger charge is 2.20. The second-order valence-corrected chi connectivity index (χ2v) is 6.57. The van der Waals surface area contributed by atoms with Crippen LogP contribution in [0.25, 0.3) is 0 Å². The van der Waals surface area contributed by atoms with Gasteiger partial charge in [-0.2, -0.15) is 0 Å². The molecule has 0 bridgehead atoms. The van der Waals surface area contributed by atoms with Gasteiger partial charge in [-0.05, 0) is 18.9 Å². The highest BCUT2D eigenvalue weighted by molar-refractivity contribution is 6.55. The van der Waals surface area contributed by atoms with E-state index < -0.39 is 0 Å². The van der Waals surface area contributed by atoms with Crippen LogP contribution < -0.4 is 10.1 Å². The average molecular weight is 380 g/mol. The smallest absolute Gasteiger partial charge is 0.159 e. The average Bonchev–Trinajstić information content (AvgIpc) is 2.41. The summed E-state index contributed by atoms with van der Waals surface area (Å²) in [5.74, 6) is 0.930. The van der Waals surface area contributed by atoms with Gasteiger partial charge in [0.1, 0.15) is 16.7 Å². The topological polar surface area (TPSA) is 21.3 Å². The van der Waals surface area contributed by atoms with Crippen LogP contribution in [-0.2, 0) is 0 Å². The molecule has 0 saturated heterocycles. The minimum atomic E-state index is 0.130. The van der Waals surface area contributed by atoms with Crippen molar-refractivity contribution in [1.29, 1.82) is 0 Å². The molecule has 0 aliphatic carbocycles. The first-order chi connectivity index (χ1) is 9.36. The summed E-state index contributed by atoms with van der Waals surface area (Å²) in [5, 5.41) is 4.03. The molecule has 1 aromatic rings. The summed E-state index contributed by atoms with van der Waals surface area (Å²) >= 11 is 29.9. The molecule has 0 aromatic heterocycles. The second-order valence-electron chi connectivity index (χ2n) is 4.68. The Bertz CT molecular complexity index is 436. The molecule has 0 radical (unpaired) electrons. The monoisotopic (exact) mass is 377 g/mol. The van der Waals surface area contributed by atoms with E-state index in [2.05, 4.69) is 19.2 Å². The van der Waals surface area contributed by atoms with Crippen LogP contribution in [0.3, 0.4) is 0 Å². The number of rotatable bonds is 7. The minimum absolute atomic E-state index is 0.130. The summed E-state index contributed by atoms with van der Waals surface area (Å²) in [4.78, 5) is 0. The zero-order valence-corrected chi connectivity index (χ0v) is 15.0. The first-order valence-corrected chi connectivity index (χ1v) is 8.10. The standard InChI is InChI=1S/C13H16Cl5NO/c1-7(2)3-4-19-5-6-20-13-11(17)9(15)8(14)10(16)12(13)18/h7,19H,3-6H2,1-2H3. The number of hydrogen-bond acceptors (Lipinski definition) is 2. The van der Waals surface area contributed by atoms with E-state index in [1.54, 1.807) is 0 Å². The lowest BCUT2D eigenvalue weighted by Crippen LogP contribution is -2.23. The van der Waals surface area contributed by atoms with Gasteiger partial charge in [-0.3, -0.25) is 0 Å². The van der Waals surface area contributed by atoms with Gasteiger partial charge in [0.2, 0.25) is 0 Å². The van der Waals surface area contributed by atoms with Crippen LogP contribution in [0.4, 0.5) is 0 Å². The Morgan fingerprint density at radius 2 is 1.35 bits per heavy atom. The molecule has 0 amide bonds. The Kier molecular flexibility index (Phi) is 8.10. The maximum Gasteiger partial charge on any atom is 0.159 e. The first kappa shape index (κ1) is 18.5. The Balaban J connectivity index is 2.57. The van der Waals surface area contributed by atoms with Crippen LogP contribution in [0, 0.1) is 5.92 Å². The van der Waals surface area contributed by atoms with E-state index in [-0.39, 0.29) is 30.9 Å². The van der Waals surface area contributed by atoms with Crippen molar-refractivity contribution in [2.45, 2.75) is 20.3 Å². The van der Waals surface area contributed by atoms with E-state index in [1.807, 2.05) is 0 Å². The first-order valence-electron chi connectivity index (χ1n) is 6.21. The van der Waals surface area contributed by atoms with Gasteiger partial charge in [0.25, 0.3) is 0 Å². The van der Waals surface area contributed by atoms with E-state index in [0.717, 1.165) is 13.0 Å². The van der Waals surface area contributed by atoms with Gasteiger partial charge >= 0.3 is 0 Å². The molecule has 0 fully saturated rings. The van der Waals surface area contributed by atoms with Crippen molar-refractivity contribution in [3.63, 3.8) is 0 Å². The van der Waals surface area contributed by atoms with Crippen LogP contribution in [0.1, 0.15) is 20.3 Å². The molecule has 0 unspecified atom stereocenters. The molecule has 1 N–H and O–H groups in total. The zero-order valence-electron chi connectivity index (χ0n) is 11.2. The molecule has 2 nitrogen and oxygen atoms in total. The molecule has 1 rings (SSSR count). The molecule has 0 aliphatic rings. The molecule has 0 aliphatic heterocycles. The molecule has 1 aromatic carbocycles. The Labute approximate surface area is 144 Å². The Hall–Kier alpha value is 0.430. The van der Waals surface area contributed by atoms with Crippen LogP contribution >= 0.6 is 58.0 Å². The number of benzene rings is 1. The maximum atomic E-state index is 6.05. The molecule has 114 valence electrons. The van der Waals surface area contributed by atoms with Crippen molar-refractivity contribution in [3.05, 3.63) is 25.1 Å². The van der Waals surface area contributed by atoms with Crippen molar-refractivity contribution in [2.24, 2.45) is 5.92 Å². The number of hydrogen-bond donors (Lipinski definition) is 1. The maximum absolute atomic E-state index is 6.05. The third-order valence-electron chi connectivity index (χ3n) is 2.59. The highest BCUT2D eigenvalue weighted by Crippen LogP contribution is 2.48. The largest absolute Gasteiger partial charge is 0.489 e. The molecule has 20 heavy (non-hydrogen) atoms. The van der Waals surface area contributed by atoms with E-state index >= 15 is 0 Å². The molecular weight excluding hydrogens is 363 g/mol. The summed E-state index contributed by atoms with van der Waals surface area (Å²) in [7, 11) is 0. The molecular formula is C13H16Cl5NO. The van der Waals surface area contributed by atoms with Crippen LogP contribution in [0.5, 0.6) is 5.75 Å². The van der Waals surface area contributed by atoms with Gasteiger partial charge in [-0.1, -0.05) is 71.9 Å². The van der Waals surface area contributed by atoms with Crippen LogP contribution in [-0.4, -0.2) is 19.7 Å². The fourth-order valence-corrected chi connectivity index (χ4v) is 2.68. The quantitative estimate of drug-likeness (QED) is 0.358. The third kappa shape index (κ3) is 5.01. The van der Waals surface area contributed by atoms with Gasteiger partial charge in [0.15, 0.2) is 5.75 Å². The second kappa shape index (κ2) is 8.77. The predicted octanol–water partition coefficient (Wildman–Crippen LogP) is 5.97. The molecule has 0 saturated carbocycles. The number of nitrogens with one attached hydrogen (secondary N) is 1. The van der Waals surface area contributed by atoms with Crippen LogP contribution in [0.2, 0.25) is 25.1 Å². The van der Waals surface area contributed by atoms with Gasteiger partial charge in [-0.15, -0.1) is 0 Å². The van der Waals surface area contributed by atoms with Crippen molar-refractivity contribution < 1.29 is 4.74 Å². The molecule has 0 atom stereocenters. The lowest BCUT2D eigenvalue weighted by molar-refractivity contribution is 0.313. The SMILES string of the molecule is CC(C)CCNCCOc1c(Cl)c(Cl)c(Cl)c(Cl)c1Cl. The van der Waals surface area contributed by atoms with E-state index in [4.69, 9.17) is 62.7 Å². The van der Waals surface area contributed by atoms with Gasteiger partial charge < -0.3 is 10.1 Å². The zero-order chi connectivity index (χ0) is 15.3. The summed E-state index contributed by atoms with van der Waals surface area (Å²) in [5.41, 5.74) is 0. The lowest BCUT2D eigenvalue weighted by Gasteiger charge is -2.14. The van der Waals surface area contributed by atoms with E-state index in [1.165, 1.54) is 0 Å². The molecule has 7 heteroatoms. The third-order valence-corrected chi connectivity index (χ3v) is 4.84. The normalized spacial score (nSPS) is 11.2. The van der Waals surface area contributed by atoms with Crippen LogP contribution in [0.15, 0.2) is 0 Å². The highest BCUT2D eigenvalue weighted by atomic mass is 35.5. The van der Waals surface area contributed by atoms with Gasteiger partial charge in [0.05, 0.1) is 15.1 Å². The summed E-state index contributed by atoms with van der Waals surface area (Å²) in [6, 6.07) is 0. The minimum Gasteiger partial charge on any atom is -0.489 e. The molecule has 0 spiro atoms. The van der Waals surface area contributed by atoms with Crippen molar-refractivity contribution in [3.8, 4) is 5.75 Å². The number of halogens is 5. The van der Waals surface area contributed by atoms with Crippen molar-refractivity contribution >= 4 is 58.0 Å². The summed E-state index contributed by atoms with van der Waals surface area (Å²) < 4.78 is 5.54. The number of ether oxygens (including phenoxy) is 1. The fourth-order valence-electron chi connectivity index (χ4n) is 1.45. The Morgan fingerprint density at radius 3 is 1.85 bits per heavy atom. The van der Waals surface area contributed by atoms with Gasteiger partial charge in [0, 0.05) is 6.54 Å². The lowest BCUT2D eigenvalue weighted by atomic mass is 10.1. The van der Waals surface area contributed by atoms with Gasteiger partial charge in [-0.25, -0.2) is 0 Å². The summed E-state index contributed by atoms with van der Waals surface area (Å²) in [6.45, 7) is 6.37. The predicted molar refractivity (Wildman–Crippen MR) is 89.3 cm³/mol. The van der Waals surface area contributed by atoms with Crippen molar-refractivity contribution in [2.75, 3.05) is 19.7 Å². The summed E-state index contributed by atoms with van der Waals surface area (Å²) in [6.07, 6.45) is 1.11. The van der Waals surface area contributed by atoms with Crippen molar-refractivity contribution in [1.82, 2.24) is 5.32 Å². The van der Waals surface area contributed by atoms with E-state index in [0.29, 0.717) is 19.1 Å². The molecule has 0 heterocycles. The fraction of sp³-hybridized carbons (Fsp3) is 0.538.